The average molecular weight is 345 g/mol. The minimum atomic E-state index is 0.0217. The molecule has 2 rings (SSSR count). The fourth-order valence-electron chi connectivity index (χ4n) is 2.90. The molecule has 1 aliphatic heterocycles. The molecule has 1 amide bonds. The van der Waals surface area contributed by atoms with Crippen molar-refractivity contribution in [1.82, 2.24) is 20.0 Å². The molecule has 138 valence electrons. The summed E-state index contributed by atoms with van der Waals surface area (Å²) in [7, 11) is 3.52. The van der Waals surface area contributed by atoms with Crippen molar-refractivity contribution >= 4 is 11.9 Å². The molecule has 0 radical (unpaired) electrons. The van der Waals surface area contributed by atoms with Crippen molar-refractivity contribution in [3.8, 4) is 0 Å². The number of rotatable bonds is 5. The predicted molar refractivity (Wildman–Crippen MR) is 103 cm³/mol. The summed E-state index contributed by atoms with van der Waals surface area (Å²) in [5.41, 5.74) is 2.67. The van der Waals surface area contributed by atoms with E-state index in [1.54, 1.807) is 19.0 Å². The molecule has 0 aliphatic carbocycles. The highest BCUT2D eigenvalue weighted by molar-refractivity contribution is 5.84. The number of hydrogen-bond donors (Lipinski definition) is 1. The number of guanidine groups is 1. The Labute approximate surface area is 151 Å². The summed E-state index contributed by atoms with van der Waals surface area (Å²) in [6.07, 6.45) is 0. The van der Waals surface area contributed by atoms with Crippen LogP contribution in [0.3, 0.4) is 0 Å². The molecule has 0 saturated carbocycles. The van der Waals surface area contributed by atoms with Gasteiger partial charge in [0.1, 0.15) is 6.54 Å². The van der Waals surface area contributed by atoms with Crippen LogP contribution in [-0.2, 0) is 11.3 Å². The lowest BCUT2D eigenvalue weighted by molar-refractivity contribution is -0.127. The Morgan fingerprint density at radius 3 is 2.56 bits per heavy atom. The summed E-state index contributed by atoms with van der Waals surface area (Å²) in [6.45, 7) is 10.0. The number of carbonyl (C=O) groups is 1. The molecule has 1 saturated heterocycles. The monoisotopic (exact) mass is 345 g/mol. The van der Waals surface area contributed by atoms with Crippen LogP contribution in [0, 0.1) is 6.92 Å². The van der Waals surface area contributed by atoms with Crippen LogP contribution < -0.4 is 5.32 Å². The normalized spacial score (nSPS) is 16.0. The number of aliphatic imine (C=N–C) groups is 1. The van der Waals surface area contributed by atoms with Gasteiger partial charge in [-0.05, 0) is 19.4 Å². The Kier molecular flexibility index (Phi) is 7.25. The van der Waals surface area contributed by atoms with Crippen LogP contribution in [0.2, 0.25) is 0 Å². The largest absolute Gasteiger partial charge is 0.357 e. The van der Waals surface area contributed by atoms with E-state index in [9.17, 15) is 4.79 Å². The molecule has 1 aromatic carbocycles. The summed E-state index contributed by atoms with van der Waals surface area (Å²) in [6, 6.07) is 8.71. The van der Waals surface area contributed by atoms with E-state index in [0.717, 1.165) is 45.2 Å². The molecule has 0 spiro atoms. The van der Waals surface area contributed by atoms with Crippen LogP contribution in [-0.4, -0.2) is 79.9 Å². The standard InChI is InChI=1S/C19H31N5O/c1-5-20-19(21-14-18(25)22(3)4)24-11-9-23(10-12-24)15-17-8-6-7-16(2)13-17/h6-8,13H,5,9-12,14-15H2,1-4H3,(H,20,21). The Morgan fingerprint density at radius 2 is 1.96 bits per heavy atom. The van der Waals surface area contributed by atoms with Crippen LogP contribution >= 0.6 is 0 Å². The molecule has 25 heavy (non-hydrogen) atoms. The number of carbonyl (C=O) groups excluding carboxylic acids is 1. The molecule has 1 fully saturated rings. The van der Waals surface area contributed by atoms with Gasteiger partial charge in [-0.15, -0.1) is 0 Å². The molecule has 0 aromatic heterocycles. The average Bonchev–Trinajstić information content (AvgIpc) is 2.59. The SMILES string of the molecule is CCNC(=NCC(=O)N(C)C)N1CCN(Cc2cccc(C)c2)CC1. The number of amides is 1. The van der Waals surface area contributed by atoms with Gasteiger partial charge in [0.2, 0.25) is 5.91 Å². The van der Waals surface area contributed by atoms with E-state index in [2.05, 4.69) is 58.2 Å². The van der Waals surface area contributed by atoms with Crippen molar-refractivity contribution in [2.24, 2.45) is 4.99 Å². The molecule has 1 heterocycles. The lowest BCUT2D eigenvalue weighted by Gasteiger charge is -2.36. The topological polar surface area (TPSA) is 51.2 Å². The number of piperazine rings is 1. The van der Waals surface area contributed by atoms with Gasteiger partial charge in [-0.2, -0.15) is 0 Å². The van der Waals surface area contributed by atoms with Gasteiger partial charge in [-0.1, -0.05) is 29.8 Å². The van der Waals surface area contributed by atoms with Crippen LogP contribution in [0.1, 0.15) is 18.1 Å². The van der Waals surface area contributed by atoms with E-state index in [4.69, 9.17) is 0 Å². The number of aryl methyl sites for hydroxylation is 1. The number of hydrogen-bond acceptors (Lipinski definition) is 3. The van der Waals surface area contributed by atoms with Gasteiger partial charge in [-0.25, -0.2) is 4.99 Å². The molecule has 1 N–H and O–H groups in total. The molecular formula is C19H31N5O. The van der Waals surface area contributed by atoms with E-state index >= 15 is 0 Å². The zero-order valence-corrected chi connectivity index (χ0v) is 16.0. The Hall–Kier alpha value is -2.08. The lowest BCUT2D eigenvalue weighted by atomic mass is 10.1. The fraction of sp³-hybridized carbons (Fsp3) is 0.579. The van der Waals surface area contributed by atoms with Gasteiger partial charge in [0, 0.05) is 53.4 Å². The van der Waals surface area contributed by atoms with E-state index in [1.807, 2.05) is 0 Å². The third kappa shape index (κ3) is 6.05. The van der Waals surface area contributed by atoms with Gasteiger partial charge < -0.3 is 15.1 Å². The highest BCUT2D eigenvalue weighted by atomic mass is 16.2. The quantitative estimate of drug-likeness (QED) is 0.643. The van der Waals surface area contributed by atoms with Crippen LogP contribution in [0.15, 0.2) is 29.3 Å². The first kappa shape index (κ1) is 19.2. The molecule has 6 heteroatoms. The van der Waals surface area contributed by atoms with Crippen molar-refractivity contribution in [2.75, 3.05) is 53.4 Å². The summed E-state index contributed by atoms with van der Waals surface area (Å²) in [5.74, 6) is 0.862. The zero-order chi connectivity index (χ0) is 18.2. The van der Waals surface area contributed by atoms with Crippen molar-refractivity contribution < 1.29 is 4.79 Å². The highest BCUT2D eigenvalue weighted by Crippen LogP contribution is 2.10. The van der Waals surface area contributed by atoms with Gasteiger partial charge >= 0.3 is 0 Å². The summed E-state index contributed by atoms with van der Waals surface area (Å²) in [4.78, 5) is 22.6. The molecule has 0 unspecified atom stereocenters. The number of nitrogens with zero attached hydrogens (tertiary/aromatic N) is 4. The fourth-order valence-corrected chi connectivity index (χ4v) is 2.90. The van der Waals surface area contributed by atoms with Crippen molar-refractivity contribution in [1.29, 1.82) is 0 Å². The first-order valence-electron chi connectivity index (χ1n) is 9.01. The van der Waals surface area contributed by atoms with Gasteiger partial charge in [0.05, 0.1) is 0 Å². The minimum Gasteiger partial charge on any atom is -0.357 e. The zero-order valence-electron chi connectivity index (χ0n) is 16.0. The van der Waals surface area contributed by atoms with Gasteiger partial charge in [0.25, 0.3) is 0 Å². The third-order valence-electron chi connectivity index (χ3n) is 4.36. The van der Waals surface area contributed by atoms with Gasteiger partial charge in [-0.3, -0.25) is 9.69 Å². The van der Waals surface area contributed by atoms with Gasteiger partial charge in [0.15, 0.2) is 5.96 Å². The second-order valence-corrected chi connectivity index (χ2v) is 6.71. The molecular weight excluding hydrogens is 314 g/mol. The van der Waals surface area contributed by atoms with Crippen molar-refractivity contribution in [3.05, 3.63) is 35.4 Å². The summed E-state index contributed by atoms with van der Waals surface area (Å²) < 4.78 is 0. The van der Waals surface area contributed by atoms with Crippen molar-refractivity contribution in [3.63, 3.8) is 0 Å². The van der Waals surface area contributed by atoms with E-state index in [0.29, 0.717) is 0 Å². The second-order valence-electron chi connectivity index (χ2n) is 6.71. The smallest absolute Gasteiger partial charge is 0.243 e. The van der Waals surface area contributed by atoms with E-state index < -0.39 is 0 Å². The van der Waals surface area contributed by atoms with Crippen LogP contribution in [0.25, 0.3) is 0 Å². The first-order chi connectivity index (χ1) is 12.0. The van der Waals surface area contributed by atoms with E-state index in [1.165, 1.54) is 11.1 Å². The Bertz CT molecular complexity index is 591. The molecule has 0 atom stereocenters. The second kappa shape index (κ2) is 9.42. The first-order valence-corrected chi connectivity index (χ1v) is 9.01. The molecule has 6 nitrogen and oxygen atoms in total. The van der Waals surface area contributed by atoms with E-state index in [-0.39, 0.29) is 12.5 Å². The van der Waals surface area contributed by atoms with Crippen molar-refractivity contribution in [2.45, 2.75) is 20.4 Å². The predicted octanol–water partition coefficient (Wildman–Crippen LogP) is 1.17. The maximum Gasteiger partial charge on any atom is 0.243 e. The molecule has 1 aromatic rings. The Balaban J connectivity index is 1.89. The maximum absolute atomic E-state index is 11.8. The highest BCUT2D eigenvalue weighted by Gasteiger charge is 2.20. The molecule has 1 aliphatic rings. The lowest BCUT2D eigenvalue weighted by Crippen LogP contribution is -2.52. The Morgan fingerprint density at radius 1 is 1.24 bits per heavy atom. The minimum absolute atomic E-state index is 0.0217. The number of likely N-dealkylation sites (N-methyl/N-ethyl adjacent to an activating group) is 1. The number of nitrogens with one attached hydrogen (secondary N) is 1. The maximum atomic E-state index is 11.8. The third-order valence-corrected chi connectivity index (χ3v) is 4.36. The molecule has 0 bridgehead atoms. The number of benzene rings is 1. The van der Waals surface area contributed by atoms with Crippen LogP contribution in [0.5, 0.6) is 0 Å². The summed E-state index contributed by atoms with van der Waals surface area (Å²) in [5, 5.41) is 3.31. The van der Waals surface area contributed by atoms with Crippen LogP contribution in [0.4, 0.5) is 0 Å². The summed E-state index contributed by atoms with van der Waals surface area (Å²) >= 11 is 0.